The van der Waals surface area contributed by atoms with Gasteiger partial charge in [-0.15, -0.1) is 0 Å². The van der Waals surface area contributed by atoms with E-state index in [1.807, 2.05) is 0 Å². The van der Waals surface area contributed by atoms with Gasteiger partial charge in [0.25, 0.3) is 0 Å². The molecule has 0 fully saturated rings. The fourth-order valence-electron chi connectivity index (χ4n) is 1.22. The molecule has 3 nitrogen and oxygen atoms in total. The third-order valence-corrected chi connectivity index (χ3v) is 1.96. The molecule has 0 heterocycles. The number of rotatable bonds is 7. The second-order valence-corrected chi connectivity index (χ2v) is 3.56. The molecule has 0 spiro atoms. The van der Waals surface area contributed by atoms with Crippen molar-refractivity contribution in [1.29, 1.82) is 0 Å². The number of benzene rings is 1. The molecule has 0 aromatic heterocycles. The Morgan fingerprint density at radius 1 is 1.22 bits per heavy atom. The second-order valence-electron chi connectivity index (χ2n) is 3.56. The molecule has 100 valence electrons. The lowest BCUT2D eigenvalue weighted by molar-refractivity contribution is -0.174. The number of aldehydes is 1. The minimum absolute atomic E-state index is 0.0210. The molecule has 1 aromatic carbocycles. The lowest BCUT2D eigenvalue weighted by Crippen LogP contribution is -2.18. The van der Waals surface area contributed by atoms with Crippen molar-refractivity contribution >= 4 is 6.29 Å². The molecule has 0 saturated carbocycles. The molecule has 1 rings (SSSR count). The van der Waals surface area contributed by atoms with Crippen molar-refractivity contribution in [1.82, 2.24) is 0 Å². The first-order chi connectivity index (χ1) is 8.51. The van der Waals surface area contributed by atoms with Crippen LogP contribution in [0.2, 0.25) is 0 Å². The summed E-state index contributed by atoms with van der Waals surface area (Å²) in [7, 11) is 0. The summed E-state index contributed by atoms with van der Waals surface area (Å²) in [6.45, 7) is -1.03. The molecule has 0 aliphatic rings. The van der Waals surface area contributed by atoms with Crippen LogP contribution in [0.5, 0.6) is 5.75 Å². The van der Waals surface area contributed by atoms with Gasteiger partial charge in [-0.2, -0.15) is 13.2 Å². The van der Waals surface area contributed by atoms with Crippen LogP contribution in [0.25, 0.3) is 0 Å². The van der Waals surface area contributed by atoms with Crippen LogP contribution >= 0.6 is 0 Å². The van der Waals surface area contributed by atoms with Crippen LogP contribution in [-0.2, 0) is 4.74 Å². The highest BCUT2D eigenvalue weighted by molar-refractivity contribution is 5.75. The molecular weight excluding hydrogens is 249 g/mol. The molecule has 0 bridgehead atoms. The number of ether oxygens (including phenoxy) is 2. The molecular formula is C12H13F3O3. The Kier molecular flexibility index (Phi) is 5.64. The van der Waals surface area contributed by atoms with E-state index in [1.165, 1.54) is 0 Å². The second kappa shape index (κ2) is 7.00. The molecule has 0 unspecified atom stereocenters. The summed E-state index contributed by atoms with van der Waals surface area (Å²) in [5.74, 6) is 0.510. The normalized spacial score (nSPS) is 11.3. The highest BCUT2D eigenvalue weighted by Crippen LogP contribution is 2.15. The zero-order valence-corrected chi connectivity index (χ0v) is 9.57. The fourth-order valence-corrected chi connectivity index (χ4v) is 1.22. The first-order valence-corrected chi connectivity index (χ1v) is 5.34. The van der Waals surface area contributed by atoms with Gasteiger partial charge in [-0.3, -0.25) is 4.79 Å². The van der Waals surface area contributed by atoms with Crippen LogP contribution < -0.4 is 4.74 Å². The molecule has 0 aliphatic carbocycles. The summed E-state index contributed by atoms with van der Waals surface area (Å²) in [4.78, 5) is 10.5. The van der Waals surface area contributed by atoms with E-state index in [4.69, 9.17) is 4.74 Å². The van der Waals surface area contributed by atoms with Gasteiger partial charge in [-0.05, 0) is 12.1 Å². The molecule has 1 aromatic rings. The largest absolute Gasteiger partial charge is 0.493 e. The lowest BCUT2D eigenvalue weighted by atomic mass is 10.2. The summed E-state index contributed by atoms with van der Waals surface area (Å²) < 4.78 is 44.9. The van der Waals surface area contributed by atoms with Gasteiger partial charge in [0.15, 0.2) is 0 Å². The predicted molar refractivity (Wildman–Crippen MR) is 58.8 cm³/mol. The fraction of sp³-hybridized carbons (Fsp3) is 0.417. The maximum Gasteiger partial charge on any atom is 0.411 e. The number of alkyl halides is 3. The van der Waals surface area contributed by atoms with E-state index in [0.717, 1.165) is 0 Å². The first kappa shape index (κ1) is 14.5. The molecule has 0 aliphatic heterocycles. The maximum absolute atomic E-state index is 11.7. The summed E-state index contributed by atoms with van der Waals surface area (Å²) in [5, 5.41) is 0. The molecule has 18 heavy (non-hydrogen) atoms. The van der Waals surface area contributed by atoms with Crippen molar-refractivity contribution in [2.75, 3.05) is 19.8 Å². The lowest BCUT2D eigenvalue weighted by Gasteiger charge is -2.08. The summed E-state index contributed by atoms with van der Waals surface area (Å²) in [6, 6.07) is 6.53. The Hall–Kier alpha value is -1.56. The smallest absolute Gasteiger partial charge is 0.411 e. The third-order valence-electron chi connectivity index (χ3n) is 1.96. The van der Waals surface area contributed by atoms with Gasteiger partial charge in [0, 0.05) is 12.0 Å². The average molecular weight is 262 g/mol. The molecule has 0 saturated heterocycles. The zero-order chi connectivity index (χ0) is 13.4. The summed E-state index contributed by atoms with van der Waals surface area (Å²) in [5.41, 5.74) is 0.487. The number of halogens is 3. The Bertz CT molecular complexity index is 377. The quantitative estimate of drug-likeness (QED) is 0.560. The highest BCUT2D eigenvalue weighted by Gasteiger charge is 2.27. The van der Waals surface area contributed by atoms with E-state index in [2.05, 4.69) is 4.74 Å². The Morgan fingerprint density at radius 3 is 2.67 bits per heavy atom. The van der Waals surface area contributed by atoms with E-state index in [0.29, 0.717) is 24.0 Å². The molecule has 6 heteroatoms. The summed E-state index contributed by atoms with van der Waals surface area (Å²) >= 11 is 0. The Balaban J connectivity index is 2.16. The van der Waals surface area contributed by atoms with Gasteiger partial charge in [0.05, 0.1) is 13.2 Å². The zero-order valence-electron chi connectivity index (χ0n) is 9.57. The number of hydrogen-bond acceptors (Lipinski definition) is 3. The van der Waals surface area contributed by atoms with Gasteiger partial charge in [-0.25, -0.2) is 0 Å². The van der Waals surface area contributed by atoms with Crippen molar-refractivity contribution in [3.8, 4) is 5.75 Å². The van der Waals surface area contributed by atoms with Crippen LogP contribution in [0.15, 0.2) is 24.3 Å². The minimum atomic E-state index is -4.29. The number of carbonyl (C=O) groups excluding carboxylic acids is 1. The average Bonchev–Trinajstić information content (AvgIpc) is 2.32. The van der Waals surface area contributed by atoms with Crippen LogP contribution in [0.4, 0.5) is 13.2 Å². The van der Waals surface area contributed by atoms with Gasteiger partial charge in [0.2, 0.25) is 0 Å². The van der Waals surface area contributed by atoms with Crippen molar-refractivity contribution in [3.05, 3.63) is 29.8 Å². The minimum Gasteiger partial charge on any atom is -0.493 e. The first-order valence-electron chi connectivity index (χ1n) is 5.34. The standard InChI is InChI=1S/C12H13F3O3/c13-12(14,15)9-17-5-2-6-18-11-4-1-3-10(7-11)8-16/h1,3-4,7-8H,2,5-6,9H2. The molecule has 0 N–H and O–H groups in total. The van der Waals surface area contributed by atoms with Crippen molar-refractivity contribution in [2.45, 2.75) is 12.6 Å². The Labute approximate surface area is 103 Å². The SMILES string of the molecule is O=Cc1cccc(OCCCOCC(F)(F)F)c1. The maximum atomic E-state index is 11.7. The van der Waals surface area contributed by atoms with Crippen LogP contribution in [-0.4, -0.2) is 32.3 Å². The predicted octanol–water partition coefficient (Wildman–Crippen LogP) is 2.85. The third kappa shape index (κ3) is 6.24. The highest BCUT2D eigenvalue weighted by atomic mass is 19.4. The van der Waals surface area contributed by atoms with Crippen molar-refractivity contribution in [2.24, 2.45) is 0 Å². The van der Waals surface area contributed by atoms with E-state index in [1.54, 1.807) is 24.3 Å². The van der Waals surface area contributed by atoms with Crippen LogP contribution in [0, 0.1) is 0 Å². The molecule has 0 atom stereocenters. The van der Waals surface area contributed by atoms with Gasteiger partial charge in [0.1, 0.15) is 18.6 Å². The van der Waals surface area contributed by atoms with Crippen molar-refractivity contribution < 1.29 is 27.4 Å². The number of carbonyl (C=O) groups is 1. The van der Waals surface area contributed by atoms with Gasteiger partial charge >= 0.3 is 6.18 Å². The van der Waals surface area contributed by atoms with Crippen LogP contribution in [0.3, 0.4) is 0 Å². The van der Waals surface area contributed by atoms with E-state index in [9.17, 15) is 18.0 Å². The van der Waals surface area contributed by atoms with E-state index in [-0.39, 0.29) is 13.2 Å². The van der Waals surface area contributed by atoms with Crippen molar-refractivity contribution in [3.63, 3.8) is 0 Å². The number of hydrogen-bond donors (Lipinski definition) is 0. The van der Waals surface area contributed by atoms with E-state index >= 15 is 0 Å². The summed E-state index contributed by atoms with van der Waals surface area (Å²) in [6.07, 6.45) is -3.25. The van der Waals surface area contributed by atoms with Crippen LogP contribution in [0.1, 0.15) is 16.8 Å². The molecule has 0 radical (unpaired) electrons. The Morgan fingerprint density at radius 2 is 2.00 bits per heavy atom. The monoisotopic (exact) mass is 262 g/mol. The topological polar surface area (TPSA) is 35.5 Å². The molecule has 0 amide bonds. The van der Waals surface area contributed by atoms with E-state index < -0.39 is 12.8 Å². The van der Waals surface area contributed by atoms with Gasteiger partial charge in [-0.1, -0.05) is 12.1 Å². The van der Waals surface area contributed by atoms with Gasteiger partial charge < -0.3 is 9.47 Å².